The number of nitrogens with one attached hydrogen (secondary N) is 2. The summed E-state index contributed by atoms with van der Waals surface area (Å²) in [6.45, 7) is 4.88. The Morgan fingerprint density at radius 2 is 1.79 bits per heavy atom. The number of nitrogens with zero attached hydrogens (tertiary/aromatic N) is 3. The van der Waals surface area contributed by atoms with Crippen LogP contribution in [0.25, 0.3) is 0 Å². The molecule has 2 aliphatic heterocycles. The predicted molar refractivity (Wildman–Crippen MR) is 128 cm³/mol. The standard InChI is InChI=1S/C25H38N6O2/c1-15(25-10-16-6-17(11-25)8-18(7-16)12-25)28-20-9-21(30-23(26)29-20)31-4-2-24(3-5-31)13-19(22(32)33)27-14-24/h9,15-19,27H,2-8,10-14H2,1H3,(H,32,33)(H3,26,28,29,30)/t15?,16?,17?,18?,19-,25?/m0/s1. The van der Waals surface area contributed by atoms with Crippen molar-refractivity contribution in [2.75, 3.05) is 35.6 Å². The molecule has 5 N–H and O–H groups in total. The molecule has 1 aromatic heterocycles. The van der Waals surface area contributed by atoms with E-state index in [9.17, 15) is 9.90 Å². The fourth-order valence-corrected chi connectivity index (χ4v) is 8.45. The first-order valence-corrected chi connectivity index (χ1v) is 12.9. The minimum absolute atomic E-state index is 0.0895. The highest BCUT2D eigenvalue weighted by molar-refractivity contribution is 5.74. The van der Waals surface area contributed by atoms with Crippen LogP contribution in [0.3, 0.4) is 0 Å². The lowest BCUT2D eigenvalue weighted by atomic mass is 9.48. The van der Waals surface area contributed by atoms with Crippen molar-refractivity contribution in [3.8, 4) is 0 Å². The second-order valence-corrected chi connectivity index (χ2v) is 12.1. The summed E-state index contributed by atoms with van der Waals surface area (Å²) in [5.74, 6) is 4.10. The third kappa shape index (κ3) is 3.84. The highest BCUT2D eigenvalue weighted by Gasteiger charge is 2.53. The van der Waals surface area contributed by atoms with Crippen LogP contribution in [0, 0.1) is 28.6 Å². The van der Waals surface area contributed by atoms with E-state index in [0.717, 1.165) is 68.3 Å². The van der Waals surface area contributed by atoms with Gasteiger partial charge in [0.05, 0.1) is 0 Å². The van der Waals surface area contributed by atoms with Crippen LogP contribution in [-0.2, 0) is 4.79 Å². The molecule has 1 unspecified atom stereocenters. The second kappa shape index (κ2) is 7.72. The number of nitrogens with two attached hydrogens (primary N) is 1. The molecule has 2 atom stereocenters. The van der Waals surface area contributed by atoms with Gasteiger partial charge in [0.1, 0.15) is 17.7 Å². The Morgan fingerprint density at radius 3 is 2.36 bits per heavy atom. The van der Waals surface area contributed by atoms with Crippen molar-refractivity contribution >= 4 is 23.6 Å². The largest absolute Gasteiger partial charge is 0.480 e. The molecule has 4 saturated carbocycles. The van der Waals surface area contributed by atoms with Crippen molar-refractivity contribution in [1.82, 2.24) is 15.3 Å². The topological polar surface area (TPSA) is 116 Å². The molecule has 1 spiro atoms. The van der Waals surface area contributed by atoms with Crippen LogP contribution in [0.4, 0.5) is 17.6 Å². The van der Waals surface area contributed by atoms with Gasteiger partial charge in [-0.15, -0.1) is 0 Å². The molecule has 33 heavy (non-hydrogen) atoms. The minimum Gasteiger partial charge on any atom is -0.480 e. The predicted octanol–water partition coefficient (Wildman–Crippen LogP) is 3.11. The van der Waals surface area contributed by atoms with Crippen LogP contribution in [0.15, 0.2) is 6.07 Å². The first kappa shape index (κ1) is 21.4. The van der Waals surface area contributed by atoms with Gasteiger partial charge in [0.25, 0.3) is 0 Å². The molecule has 1 aromatic rings. The zero-order valence-corrected chi connectivity index (χ0v) is 19.7. The number of rotatable bonds is 5. The highest BCUT2D eigenvalue weighted by atomic mass is 16.4. The Balaban J connectivity index is 1.13. The van der Waals surface area contributed by atoms with E-state index in [1.54, 1.807) is 0 Å². The number of anilines is 3. The summed E-state index contributed by atoms with van der Waals surface area (Å²) in [6.07, 6.45) is 11.1. The van der Waals surface area contributed by atoms with Crippen LogP contribution in [0.2, 0.25) is 0 Å². The molecule has 4 aliphatic carbocycles. The number of aromatic nitrogens is 2. The van der Waals surface area contributed by atoms with Gasteiger partial charge < -0.3 is 26.4 Å². The summed E-state index contributed by atoms with van der Waals surface area (Å²) in [7, 11) is 0. The molecule has 0 aromatic carbocycles. The minimum atomic E-state index is -0.735. The SMILES string of the molecule is CC(Nc1cc(N2CCC3(CC2)CN[C@H](C(=O)O)C3)nc(N)n1)C12CC3CC(CC(C3)C1)C2. The zero-order chi connectivity index (χ0) is 22.8. The van der Waals surface area contributed by atoms with E-state index >= 15 is 0 Å². The number of carboxylic acid groups (broad SMARTS) is 1. The summed E-state index contributed by atoms with van der Waals surface area (Å²) >= 11 is 0. The van der Waals surface area contributed by atoms with Crippen LogP contribution in [0.5, 0.6) is 0 Å². The maximum Gasteiger partial charge on any atom is 0.320 e. The third-order valence-electron chi connectivity index (χ3n) is 9.91. The number of nitrogen functional groups attached to an aromatic ring is 1. The number of hydrogen-bond donors (Lipinski definition) is 4. The lowest BCUT2D eigenvalue weighted by Crippen LogP contribution is -2.53. The maximum atomic E-state index is 11.4. The monoisotopic (exact) mass is 454 g/mol. The summed E-state index contributed by atoms with van der Waals surface area (Å²) in [6, 6.07) is 2.04. The van der Waals surface area contributed by atoms with Gasteiger partial charge in [0.15, 0.2) is 0 Å². The van der Waals surface area contributed by atoms with Gasteiger partial charge in [0.2, 0.25) is 5.95 Å². The number of piperidine rings is 1. The fourth-order valence-electron chi connectivity index (χ4n) is 8.45. The fraction of sp³-hybridized carbons (Fsp3) is 0.800. The molecule has 8 heteroatoms. The Hall–Kier alpha value is -2.09. The quantitative estimate of drug-likeness (QED) is 0.536. The first-order valence-electron chi connectivity index (χ1n) is 12.9. The molecular formula is C25H38N6O2. The Bertz CT molecular complexity index is 892. The lowest BCUT2D eigenvalue weighted by Gasteiger charge is -2.59. The van der Waals surface area contributed by atoms with Crippen LogP contribution in [0.1, 0.15) is 64.7 Å². The van der Waals surface area contributed by atoms with E-state index < -0.39 is 12.0 Å². The highest BCUT2D eigenvalue weighted by Crippen LogP contribution is 2.61. The van der Waals surface area contributed by atoms with Crippen LogP contribution >= 0.6 is 0 Å². The molecule has 6 aliphatic rings. The molecular weight excluding hydrogens is 416 g/mol. The molecule has 180 valence electrons. The van der Waals surface area contributed by atoms with Crippen LogP contribution < -0.4 is 21.3 Å². The van der Waals surface area contributed by atoms with Gasteiger partial charge in [-0.05, 0) is 93.3 Å². The van der Waals surface area contributed by atoms with Gasteiger partial charge in [0, 0.05) is 31.7 Å². The average Bonchev–Trinajstić information content (AvgIpc) is 3.17. The Morgan fingerprint density at radius 1 is 1.15 bits per heavy atom. The van der Waals surface area contributed by atoms with Crippen molar-refractivity contribution < 1.29 is 9.90 Å². The van der Waals surface area contributed by atoms with E-state index in [1.807, 2.05) is 0 Å². The van der Waals surface area contributed by atoms with Gasteiger partial charge in [-0.3, -0.25) is 4.79 Å². The third-order valence-corrected chi connectivity index (χ3v) is 9.91. The molecule has 8 nitrogen and oxygen atoms in total. The molecule has 0 radical (unpaired) electrons. The van der Waals surface area contributed by atoms with Crippen molar-refractivity contribution in [2.45, 2.75) is 76.8 Å². The summed E-state index contributed by atoms with van der Waals surface area (Å²) in [5.41, 5.74) is 6.65. The number of carbonyl (C=O) groups is 1. The number of carboxylic acids is 1. The van der Waals surface area contributed by atoms with Gasteiger partial charge in [-0.2, -0.15) is 9.97 Å². The van der Waals surface area contributed by atoms with E-state index in [0.29, 0.717) is 17.4 Å². The summed E-state index contributed by atoms with van der Waals surface area (Å²) in [4.78, 5) is 22.8. The van der Waals surface area contributed by atoms with Crippen molar-refractivity contribution in [3.63, 3.8) is 0 Å². The number of aliphatic carboxylic acids is 1. The first-order chi connectivity index (χ1) is 15.8. The zero-order valence-electron chi connectivity index (χ0n) is 19.7. The van der Waals surface area contributed by atoms with Gasteiger partial charge in [-0.1, -0.05) is 0 Å². The van der Waals surface area contributed by atoms with E-state index in [-0.39, 0.29) is 5.41 Å². The van der Waals surface area contributed by atoms with Crippen LogP contribution in [-0.4, -0.2) is 52.8 Å². The average molecular weight is 455 g/mol. The Labute approximate surface area is 196 Å². The second-order valence-electron chi connectivity index (χ2n) is 12.1. The van der Waals surface area contributed by atoms with Gasteiger partial charge >= 0.3 is 5.97 Å². The molecule has 0 amide bonds. The van der Waals surface area contributed by atoms with E-state index in [4.69, 9.17) is 5.73 Å². The van der Waals surface area contributed by atoms with Crippen molar-refractivity contribution in [1.29, 1.82) is 0 Å². The van der Waals surface area contributed by atoms with Crippen molar-refractivity contribution in [2.24, 2.45) is 28.6 Å². The van der Waals surface area contributed by atoms with E-state index in [1.165, 1.54) is 38.5 Å². The maximum absolute atomic E-state index is 11.4. The smallest absolute Gasteiger partial charge is 0.320 e. The molecule has 3 heterocycles. The normalized spacial score (nSPS) is 37.4. The molecule has 6 fully saturated rings. The van der Waals surface area contributed by atoms with Gasteiger partial charge in [-0.25, -0.2) is 0 Å². The summed E-state index contributed by atoms with van der Waals surface area (Å²) < 4.78 is 0. The molecule has 7 rings (SSSR count). The Kier molecular flexibility index (Phi) is 5.02. The lowest BCUT2D eigenvalue weighted by molar-refractivity contribution is -0.139. The summed E-state index contributed by atoms with van der Waals surface area (Å²) in [5, 5.41) is 16.3. The number of hydrogen-bond acceptors (Lipinski definition) is 7. The molecule has 2 saturated heterocycles. The van der Waals surface area contributed by atoms with Crippen molar-refractivity contribution in [3.05, 3.63) is 6.07 Å². The van der Waals surface area contributed by atoms with E-state index in [2.05, 4.69) is 38.5 Å². The molecule has 4 bridgehead atoms.